The van der Waals surface area contributed by atoms with Gasteiger partial charge in [-0.15, -0.1) is 0 Å². The number of rotatable bonds is 11. The minimum Gasteiger partial charge on any atom is -0.489 e. The van der Waals surface area contributed by atoms with E-state index in [2.05, 4.69) is 15.3 Å². The Balaban J connectivity index is 0.999. The highest BCUT2D eigenvalue weighted by molar-refractivity contribution is 6.31. The molecule has 0 unspecified atom stereocenters. The zero-order chi connectivity index (χ0) is 42.1. The number of carboxylic acids is 1. The molecule has 4 heterocycles. The van der Waals surface area contributed by atoms with Crippen LogP contribution in [0.2, 0.25) is 5.02 Å². The van der Waals surface area contributed by atoms with Gasteiger partial charge in [-0.2, -0.15) is 0 Å². The van der Waals surface area contributed by atoms with E-state index in [4.69, 9.17) is 30.2 Å². The fourth-order valence-corrected chi connectivity index (χ4v) is 7.85. The van der Waals surface area contributed by atoms with Crippen LogP contribution in [0.5, 0.6) is 17.2 Å². The summed E-state index contributed by atoms with van der Waals surface area (Å²) in [5, 5.41) is 13.7. The van der Waals surface area contributed by atoms with E-state index < -0.39 is 36.0 Å². The van der Waals surface area contributed by atoms with Crippen molar-refractivity contribution in [1.29, 1.82) is 0 Å². The molecule has 6 aromatic rings. The van der Waals surface area contributed by atoms with E-state index >= 15 is 0 Å². The third-order valence-electron chi connectivity index (χ3n) is 11.1. The molecule has 2 aliphatic heterocycles. The monoisotopic (exact) mass is 826 g/mol. The smallest absolute Gasteiger partial charge is 0.326 e. The number of aryl methyl sites for hydroxylation is 3. The number of carbonyl (C=O) groups excluding carboxylic acids is 2. The first-order valence-electron chi connectivity index (χ1n) is 19.6. The number of carbonyl (C=O) groups is 3. The van der Waals surface area contributed by atoms with Crippen LogP contribution in [0.4, 0.5) is 0 Å². The second-order valence-electron chi connectivity index (χ2n) is 15.1. The SMILES string of the molecule is Cc1nc(C(=O)N2Cc3cc4c(cc3C[C@H]2C(=O)N[C@@H](Cc2ccc(-c3ccnc(C)c3C)cc2)C(=O)O)OC[C@H](c2ccc(OCc3ccccc3Cl)cc2)O4)c(C)o1. The van der Waals surface area contributed by atoms with Crippen LogP contribution in [-0.4, -0.2) is 56.4 Å². The van der Waals surface area contributed by atoms with Gasteiger partial charge in [-0.3, -0.25) is 14.6 Å². The molecule has 4 aromatic carbocycles. The van der Waals surface area contributed by atoms with Crippen molar-refractivity contribution in [2.45, 2.75) is 71.9 Å². The van der Waals surface area contributed by atoms with Gasteiger partial charge in [-0.1, -0.05) is 66.2 Å². The van der Waals surface area contributed by atoms with E-state index in [0.717, 1.165) is 50.2 Å². The van der Waals surface area contributed by atoms with Crippen LogP contribution in [0.1, 0.15) is 67.3 Å². The van der Waals surface area contributed by atoms with Crippen LogP contribution in [0.3, 0.4) is 0 Å². The van der Waals surface area contributed by atoms with Gasteiger partial charge in [-0.25, -0.2) is 9.78 Å². The molecule has 2 N–H and O–H groups in total. The van der Waals surface area contributed by atoms with Crippen molar-refractivity contribution >= 4 is 29.4 Å². The van der Waals surface area contributed by atoms with E-state index in [9.17, 15) is 19.5 Å². The molecule has 2 aromatic heterocycles. The summed E-state index contributed by atoms with van der Waals surface area (Å²) in [4.78, 5) is 51.1. The lowest BCUT2D eigenvalue weighted by Crippen LogP contribution is -2.56. The zero-order valence-corrected chi connectivity index (χ0v) is 34.3. The second kappa shape index (κ2) is 16.9. The summed E-state index contributed by atoms with van der Waals surface area (Å²) in [7, 11) is 0. The van der Waals surface area contributed by atoms with Crippen molar-refractivity contribution in [1.82, 2.24) is 20.2 Å². The number of aliphatic carboxylic acids is 1. The predicted molar refractivity (Wildman–Crippen MR) is 223 cm³/mol. The number of aromatic nitrogens is 2. The molecule has 8 rings (SSSR count). The maximum atomic E-state index is 14.2. The van der Waals surface area contributed by atoms with Crippen LogP contribution in [0, 0.1) is 27.7 Å². The second-order valence-corrected chi connectivity index (χ2v) is 15.5. The number of carboxylic acid groups (broad SMARTS) is 1. The van der Waals surface area contributed by atoms with Crippen molar-refractivity contribution in [3.05, 3.63) is 159 Å². The fraction of sp³-hybridized carbons (Fsp3) is 0.255. The Morgan fingerprint density at radius 2 is 1.70 bits per heavy atom. The van der Waals surface area contributed by atoms with Crippen LogP contribution < -0.4 is 19.5 Å². The summed E-state index contributed by atoms with van der Waals surface area (Å²) in [5.41, 5.74) is 8.13. The lowest BCUT2D eigenvalue weighted by molar-refractivity contribution is -0.142. The van der Waals surface area contributed by atoms with Crippen LogP contribution in [0.15, 0.2) is 102 Å². The Hall–Kier alpha value is -6.66. The van der Waals surface area contributed by atoms with E-state index in [1.54, 1.807) is 20.0 Å². The Bertz CT molecular complexity index is 2590. The van der Waals surface area contributed by atoms with Crippen molar-refractivity contribution in [2.24, 2.45) is 0 Å². The van der Waals surface area contributed by atoms with E-state index in [0.29, 0.717) is 40.5 Å². The van der Waals surface area contributed by atoms with Crippen LogP contribution >= 0.6 is 11.6 Å². The average Bonchev–Trinajstić information content (AvgIpc) is 3.59. The molecule has 0 fully saturated rings. The first kappa shape index (κ1) is 40.1. The summed E-state index contributed by atoms with van der Waals surface area (Å²) in [6, 6.07) is 26.0. The third kappa shape index (κ3) is 8.42. The summed E-state index contributed by atoms with van der Waals surface area (Å²) in [6.45, 7) is 7.86. The summed E-state index contributed by atoms with van der Waals surface area (Å²) < 4.78 is 24.2. The van der Waals surface area contributed by atoms with E-state index in [1.165, 1.54) is 4.90 Å². The Morgan fingerprint density at radius 3 is 2.42 bits per heavy atom. The molecule has 0 aliphatic carbocycles. The van der Waals surface area contributed by atoms with Crippen LogP contribution in [0.25, 0.3) is 11.1 Å². The number of hydrogen-bond donors (Lipinski definition) is 2. The molecule has 2 aliphatic rings. The summed E-state index contributed by atoms with van der Waals surface area (Å²) in [6.07, 6.45) is 1.48. The molecule has 0 radical (unpaired) electrons. The van der Waals surface area contributed by atoms with Gasteiger partial charge in [0.1, 0.15) is 36.8 Å². The molecule has 13 heteroatoms. The third-order valence-corrected chi connectivity index (χ3v) is 11.5. The predicted octanol–water partition coefficient (Wildman–Crippen LogP) is 8.09. The minimum atomic E-state index is -1.26. The molecule has 306 valence electrons. The minimum absolute atomic E-state index is 0.0312. The number of benzene rings is 4. The number of fused-ring (bicyclic) bond motifs is 2. The van der Waals surface area contributed by atoms with Crippen molar-refractivity contribution in [2.75, 3.05) is 6.61 Å². The number of pyridine rings is 1. The number of nitrogens with zero attached hydrogens (tertiary/aromatic N) is 3. The zero-order valence-electron chi connectivity index (χ0n) is 33.5. The first-order valence-corrected chi connectivity index (χ1v) is 20.0. The van der Waals surface area contributed by atoms with Gasteiger partial charge in [0.05, 0.1) is 0 Å². The molecule has 0 spiro atoms. The Morgan fingerprint density at radius 1 is 0.950 bits per heavy atom. The van der Waals surface area contributed by atoms with Gasteiger partial charge in [-0.05, 0) is 96.1 Å². The molecular weight excluding hydrogens is 784 g/mol. The number of halogens is 1. The fourth-order valence-electron chi connectivity index (χ4n) is 7.66. The van der Waals surface area contributed by atoms with E-state index in [-0.39, 0.29) is 31.7 Å². The number of ether oxygens (including phenoxy) is 3. The van der Waals surface area contributed by atoms with Crippen molar-refractivity contribution in [3.8, 4) is 28.4 Å². The first-order chi connectivity index (χ1) is 28.9. The standard InChI is InChI=1S/C47H43ClN4O8/c1-26-27(2)49-18-17-37(26)31-11-9-30(10-12-31)19-39(47(55)56)51-45(53)40-20-34-21-41-42(22-35(34)23-52(40)46(54)44-28(3)59-29(4)50-44)60-43(25-58-41)32-13-15-36(16-14-32)57-24-33-7-5-6-8-38(33)48/h5-18,21-22,39-40,43H,19-20,23-25H2,1-4H3,(H,51,53)(H,55,56)/t39-,40-,43+/m0/s1. The van der Waals surface area contributed by atoms with Crippen molar-refractivity contribution in [3.63, 3.8) is 0 Å². The number of amides is 2. The van der Waals surface area contributed by atoms with Gasteiger partial charge < -0.3 is 34.0 Å². The average molecular weight is 827 g/mol. The maximum Gasteiger partial charge on any atom is 0.326 e. The highest BCUT2D eigenvalue weighted by Crippen LogP contribution is 2.41. The highest BCUT2D eigenvalue weighted by atomic mass is 35.5. The molecule has 0 bridgehead atoms. The molecule has 3 atom stereocenters. The lowest BCUT2D eigenvalue weighted by Gasteiger charge is -2.37. The molecule has 60 heavy (non-hydrogen) atoms. The molecule has 0 saturated heterocycles. The number of nitrogens with one attached hydrogen (secondary N) is 1. The van der Waals surface area contributed by atoms with Gasteiger partial charge in [0, 0.05) is 48.8 Å². The largest absolute Gasteiger partial charge is 0.489 e. The number of hydrogen-bond acceptors (Lipinski definition) is 9. The molecule has 12 nitrogen and oxygen atoms in total. The Kier molecular flexibility index (Phi) is 11.3. The maximum absolute atomic E-state index is 14.2. The van der Waals surface area contributed by atoms with E-state index in [1.807, 2.05) is 105 Å². The van der Waals surface area contributed by atoms with Crippen LogP contribution in [-0.2, 0) is 35.6 Å². The van der Waals surface area contributed by atoms with Gasteiger partial charge >= 0.3 is 5.97 Å². The normalized spacial score (nSPS) is 16.1. The van der Waals surface area contributed by atoms with Gasteiger partial charge in [0.15, 0.2) is 29.2 Å². The number of oxazole rings is 1. The van der Waals surface area contributed by atoms with Gasteiger partial charge in [0.25, 0.3) is 5.91 Å². The molecule has 2 amide bonds. The topological polar surface area (TPSA) is 153 Å². The van der Waals surface area contributed by atoms with Gasteiger partial charge in [0.2, 0.25) is 5.91 Å². The Labute approximate surface area is 352 Å². The highest BCUT2D eigenvalue weighted by Gasteiger charge is 2.39. The summed E-state index contributed by atoms with van der Waals surface area (Å²) >= 11 is 6.28. The molecule has 0 saturated carbocycles. The lowest BCUT2D eigenvalue weighted by atomic mass is 9.91. The summed E-state index contributed by atoms with van der Waals surface area (Å²) in [5.74, 6) is 0.00850. The molecular formula is C47H43ClN4O8. The van der Waals surface area contributed by atoms with Crippen molar-refractivity contribution < 1.29 is 38.1 Å². The quantitative estimate of drug-likeness (QED) is 0.131.